The zero-order chi connectivity index (χ0) is 14.3. The summed E-state index contributed by atoms with van der Waals surface area (Å²) in [5, 5.41) is 21.2. The number of fused-ring (bicyclic) bond motifs is 2. The average Bonchev–Trinajstić information content (AvgIpc) is 2.56. The highest BCUT2D eigenvalue weighted by Crippen LogP contribution is 2.42. The average molecular weight is 268 g/mol. The second-order valence-corrected chi connectivity index (χ2v) is 4.47. The second-order valence-electron chi connectivity index (χ2n) is 4.47. The van der Waals surface area contributed by atoms with E-state index in [4.69, 9.17) is 5.73 Å². The molecule has 1 heterocycles. The molecule has 0 unspecified atom stereocenters. The van der Waals surface area contributed by atoms with E-state index in [1.165, 1.54) is 6.07 Å². The summed E-state index contributed by atoms with van der Waals surface area (Å²) in [6.07, 6.45) is 1.56. The summed E-state index contributed by atoms with van der Waals surface area (Å²) < 4.78 is 0. The van der Waals surface area contributed by atoms with Gasteiger partial charge in [-0.25, -0.2) is 5.06 Å². The van der Waals surface area contributed by atoms with Crippen LogP contribution in [0.3, 0.4) is 0 Å². The third-order valence-electron chi connectivity index (χ3n) is 3.25. The van der Waals surface area contributed by atoms with Gasteiger partial charge in [0, 0.05) is 16.7 Å². The molecule has 2 aromatic carbocycles. The Morgan fingerprint density at radius 1 is 1.10 bits per heavy atom. The first-order valence-electron chi connectivity index (χ1n) is 6.01. The van der Waals surface area contributed by atoms with Crippen LogP contribution >= 0.6 is 0 Å². The molecule has 1 aliphatic rings. The smallest absolute Gasteiger partial charge is 0.249 e. The molecule has 0 spiro atoms. The maximum Gasteiger partial charge on any atom is 0.249 e. The predicted molar refractivity (Wildman–Crippen MR) is 75.5 cm³/mol. The van der Waals surface area contributed by atoms with Crippen LogP contribution in [-0.2, 0) is 4.79 Å². The van der Waals surface area contributed by atoms with Gasteiger partial charge < -0.3 is 10.8 Å². The molecule has 0 atom stereocenters. The van der Waals surface area contributed by atoms with Crippen LogP contribution in [0.25, 0.3) is 11.6 Å². The maximum atomic E-state index is 11.7. The highest BCUT2D eigenvalue weighted by atomic mass is 16.5. The topological polar surface area (TPSA) is 86.8 Å². The maximum absolute atomic E-state index is 11.7. The lowest BCUT2D eigenvalue weighted by molar-refractivity contribution is -0.112. The fraction of sp³-hybridized carbons (Fsp3) is 0. The number of anilines is 2. The van der Waals surface area contributed by atoms with Crippen LogP contribution < -0.4 is 10.8 Å². The Morgan fingerprint density at radius 2 is 1.85 bits per heavy atom. The zero-order valence-electron chi connectivity index (χ0n) is 10.4. The Hall–Kier alpha value is -2.79. The van der Waals surface area contributed by atoms with Crippen molar-refractivity contribution in [3.8, 4) is 5.75 Å². The number of carbonyl (C=O) groups excluding carboxylic acids is 1. The quantitative estimate of drug-likeness (QED) is 0.740. The molecule has 1 aliphatic heterocycles. The summed E-state index contributed by atoms with van der Waals surface area (Å²) in [6, 6.07) is 11.6. The van der Waals surface area contributed by atoms with Crippen molar-refractivity contribution < 1.29 is 15.1 Å². The highest BCUT2D eigenvalue weighted by molar-refractivity contribution is 6.26. The number of rotatable bonds is 1. The van der Waals surface area contributed by atoms with Crippen molar-refractivity contribution in [1.82, 2.24) is 0 Å². The van der Waals surface area contributed by atoms with Gasteiger partial charge in [0.2, 0.25) is 5.91 Å². The van der Waals surface area contributed by atoms with E-state index in [1.807, 2.05) is 0 Å². The van der Waals surface area contributed by atoms with E-state index in [9.17, 15) is 15.1 Å². The minimum Gasteiger partial charge on any atom is -0.506 e. The number of hydrogen-bond donors (Lipinski definition) is 3. The van der Waals surface area contributed by atoms with Crippen molar-refractivity contribution in [2.45, 2.75) is 0 Å². The molecule has 0 fully saturated rings. The number of benzene rings is 2. The molecule has 0 bridgehead atoms. The molecule has 0 saturated carbocycles. The van der Waals surface area contributed by atoms with Gasteiger partial charge >= 0.3 is 0 Å². The largest absolute Gasteiger partial charge is 0.506 e. The second kappa shape index (κ2) is 4.40. The lowest BCUT2D eigenvalue weighted by Gasteiger charge is -2.20. The third kappa shape index (κ3) is 1.72. The fourth-order valence-electron chi connectivity index (χ4n) is 2.34. The molecule has 0 radical (unpaired) electrons. The molecular formula is C15H12N2O3. The molecular weight excluding hydrogens is 256 g/mol. The van der Waals surface area contributed by atoms with Gasteiger partial charge in [0.25, 0.3) is 0 Å². The van der Waals surface area contributed by atoms with Gasteiger partial charge in [0.15, 0.2) is 0 Å². The lowest BCUT2D eigenvalue weighted by atomic mass is 10.0. The normalized spacial score (nSPS) is 13.1. The summed E-state index contributed by atoms with van der Waals surface area (Å²) in [7, 11) is 0. The van der Waals surface area contributed by atoms with E-state index in [2.05, 4.69) is 0 Å². The van der Waals surface area contributed by atoms with E-state index >= 15 is 0 Å². The minimum atomic E-state index is -0.595. The first kappa shape index (κ1) is 12.3. The van der Waals surface area contributed by atoms with Crippen molar-refractivity contribution in [3.63, 3.8) is 0 Å². The SMILES string of the molecule is NC(=O)C1=Cc2cccc(O)c2N(O)c2ccccc21. The van der Waals surface area contributed by atoms with E-state index in [1.54, 1.807) is 42.5 Å². The third-order valence-corrected chi connectivity index (χ3v) is 3.25. The molecule has 4 N–H and O–H groups in total. The number of phenolic OH excluding ortho intramolecular Hbond substituents is 1. The van der Waals surface area contributed by atoms with Gasteiger partial charge in [-0.15, -0.1) is 0 Å². The number of para-hydroxylation sites is 2. The van der Waals surface area contributed by atoms with Crippen molar-refractivity contribution in [1.29, 1.82) is 0 Å². The lowest BCUT2D eigenvalue weighted by Crippen LogP contribution is -2.15. The number of nitrogens with zero attached hydrogens (tertiary/aromatic N) is 1. The highest BCUT2D eigenvalue weighted by Gasteiger charge is 2.24. The molecule has 5 nitrogen and oxygen atoms in total. The van der Waals surface area contributed by atoms with Crippen molar-refractivity contribution in [2.75, 3.05) is 5.06 Å². The molecule has 0 saturated heterocycles. The van der Waals surface area contributed by atoms with E-state index in [-0.39, 0.29) is 17.0 Å². The Kier molecular flexibility index (Phi) is 2.69. The van der Waals surface area contributed by atoms with Crippen molar-refractivity contribution >= 4 is 28.9 Å². The van der Waals surface area contributed by atoms with Gasteiger partial charge in [-0.3, -0.25) is 10.0 Å². The Labute approximate surface area is 115 Å². The number of nitrogens with two attached hydrogens (primary N) is 1. The van der Waals surface area contributed by atoms with Gasteiger partial charge in [-0.2, -0.15) is 0 Å². The van der Waals surface area contributed by atoms with E-state index < -0.39 is 5.91 Å². The minimum absolute atomic E-state index is 0.0817. The number of phenols is 1. The van der Waals surface area contributed by atoms with Gasteiger partial charge in [0.1, 0.15) is 11.4 Å². The molecule has 20 heavy (non-hydrogen) atoms. The molecule has 2 aromatic rings. The Balaban J connectivity index is 2.38. The number of aromatic hydroxyl groups is 1. The van der Waals surface area contributed by atoms with Crippen LogP contribution in [0.5, 0.6) is 5.75 Å². The number of amides is 1. The zero-order valence-corrected chi connectivity index (χ0v) is 10.4. The van der Waals surface area contributed by atoms with Crippen LogP contribution in [-0.4, -0.2) is 16.2 Å². The van der Waals surface area contributed by atoms with Gasteiger partial charge in [-0.05, 0) is 18.2 Å². The Morgan fingerprint density at radius 3 is 2.60 bits per heavy atom. The molecule has 0 aliphatic carbocycles. The molecule has 100 valence electrons. The first-order valence-corrected chi connectivity index (χ1v) is 6.01. The summed E-state index contributed by atoms with van der Waals surface area (Å²) in [6.45, 7) is 0. The van der Waals surface area contributed by atoms with Gasteiger partial charge in [0.05, 0.1) is 5.69 Å². The number of primary amides is 1. The summed E-state index contributed by atoms with van der Waals surface area (Å²) in [4.78, 5) is 11.7. The van der Waals surface area contributed by atoms with Crippen LogP contribution in [0.1, 0.15) is 11.1 Å². The number of carbonyl (C=O) groups is 1. The van der Waals surface area contributed by atoms with Crippen LogP contribution in [0.15, 0.2) is 42.5 Å². The summed E-state index contributed by atoms with van der Waals surface area (Å²) in [5.74, 6) is -0.677. The van der Waals surface area contributed by atoms with Crippen LogP contribution in [0.2, 0.25) is 0 Å². The van der Waals surface area contributed by atoms with Gasteiger partial charge in [-0.1, -0.05) is 30.3 Å². The number of hydrogen-bond acceptors (Lipinski definition) is 4. The summed E-state index contributed by atoms with van der Waals surface area (Å²) in [5.41, 5.74) is 7.33. The van der Waals surface area contributed by atoms with Crippen LogP contribution in [0, 0.1) is 0 Å². The molecule has 1 amide bonds. The molecule has 5 heteroatoms. The molecule has 0 aromatic heterocycles. The predicted octanol–water partition coefficient (Wildman–Crippen LogP) is 2.26. The van der Waals surface area contributed by atoms with Crippen LogP contribution in [0.4, 0.5) is 11.4 Å². The van der Waals surface area contributed by atoms with E-state index in [0.29, 0.717) is 16.8 Å². The van der Waals surface area contributed by atoms with E-state index in [0.717, 1.165) is 5.06 Å². The summed E-state index contributed by atoms with van der Waals surface area (Å²) >= 11 is 0. The molecule has 3 rings (SSSR count). The monoisotopic (exact) mass is 268 g/mol. The van der Waals surface area contributed by atoms with Crippen molar-refractivity contribution in [3.05, 3.63) is 53.6 Å². The van der Waals surface area contributed by atoms with Crippen molar-refractivity contribution in [2.24, 2.45) is 5.73 Å². The fourth-order valence-corrected chi connectivity index (χ4v) is 2.34. The Bertz CT molecular complexity index is 738. The first-order chi connectivity index (χ1) is 9.59. The standard InChI is InChI=1S/C15H12N2O3/c16-15(19)11-8-9-4-3-7-13(18)14(9)17(20)12-6-2-1-5-10(11)12/h1-8,18,20H,(H2,16,19).